The lowest BCUT2D eigenvalue weighted by atomic mass is 10.3. The molecule has 0 unspecified atom stereocenters. The van der Waals surface area contributed by atoms with E-state index in [1.807, 2.05) is 18.5 Å². The maximum Gasteiger partial charge on any atom is 0.186 e. The standard InChI is InChI=1S/C11H12N4S2/c1-15-11(13-8-14-15)17-7-10-9(3-2-5-12)4-6-16-10/h4,6,8H,5,7,12H2,1H3. The number of nitrogens with zero attached hydrogens (tertiary/aromatic N) is 3. The molecule has 17 heavy (non-hydrogen) atoms. The van der Waals surface area contributed by atoms with Crippen LogP contribution in [0.15, 0.2) is 22.9 Å². The maximum atomic E-state index is 5.37. The summed E-state index contributed by atoms with van der Waals surface area (Å²) < 4.78 is 1.77. The number of aryl methyl sites for hydroxylation is 1. The van der Waals surface area contributed by atoms with Gasteiger partial charge in [-0.25, -0.2) is 9.67 Å². The van der Waals surface area contributed by atoms with E-state index in [2.05, 4.69) is 21.9 Å². The van der Waals surface area contributed by atoms with Crippen LogP contribution in [-0.2, 0) is 12.8 Å². The average Bonchev–Trinajstić information content (AvgIpc) is 2.93. The summed E-state index contributed by atoms with van der Waals surface area (Å²) in [5, 5.41) is 6.99. The number of hydrogen-bond acceptors (Lipinski definition) is 5. The van der Waals surface area contributed by atoms with E-state index < -0.39 is 0 Å². The van der Waals surface area contributed by atoms with Crippen LogP contribution in [0.1, 0.15) is 10.4 Å². The van der Waals surface area contributed by atoms with Gasteiger partial charge in [-0.2, -0.15) is 5.10 Å². The third kappa shape index (κ3) is 3.09. The third-order valence-electron chi connectivity index (χ3n) is 2.07. The number of rotatable bonds is 3. The number of hydrogen-bond donors (Lipinski definition) is 1. The van der Waals surface area contributed by atoms with Crippen molar-refractivity contribution in [3.8, 4) is 11.8 Å². The first-order chi connectivity index (χ1) is 8.31. The summed E-state index contributed by atoms with van der Waals surface area (Å²) in [6, 6.07) is 2.03. The second kappa shape index (κ2) is 5.87. The van der Waals surface area contributed by atoms with Gasteiger partial charge in [-0.15, -0.1) is 11.3 Å². The predicted molar refractivity (Wildman–Crippen MR) is 70.8 cm³/mol. The summed E-state index contributed by atoms with van der Waals surface area (Å²) in [4.78, 5) is 5.42. The van der Waals surface area contributed by atoms with Crippen LogP contribution in [-0.4, -0.2) is 21.3 Å². The summed E-state index contributed by atoms with van der Waals surface area (Å²) in [5.41, 5.74) is 6.43. The van der Waals surface area contributed by atoms with E-state index in [0.717, 1.165) is 16.5 Å². The van der Waals surface area contributed by atoms with E-state index in [1.165, 1.54) is 4.88 Å². The molecule has 0 radical (unpaired) electrons. The molecule has 2 rings (SSSR count). The summed E-state index contributed by atoms with van der Waals surface area (Å²) >= 11 is 3.37. The van der Waals surface area contributed by atoms with Crippen LogP contribution in [0.4, 0.5) is 0 Å². The zero-order valence-electron chi connectivity index (χ0n) is 9.38. The molecule has 2 aromatic heterocycles. The molecule has 6 heteroatoms. The Morgan fingerprint density at radius 1 is 1.59 bits per heavy atom. The quantitative estimate of drug-likeness (QED) is 0.674. The SMILES string of the molecule is Cn1ncnc1SCc1sccc1C#CCN. The molecule has 0 aromatic carbocycles. The van der Waals surface area contributed by atoms with Crippen molar-refractivity contribution in [3.63, 3.8) is 0 Å². The van der Waals surface area contributed by atoms with Gasteiger partial charge in [-0.1, -0.05) is 23.6 Å². The van der Waals surface area contributed by atoms with E-state index in [-0.39, 0.29) is 0 Å². The van der Waals surface area contributed by atoms with Crippen LogP contribution in [0.2, 0.25) is 0 Å². The molecule has 0 spiro atoms. The third-order valence-corrected chi connectivity index (χ3v) is 4.24. The van der Waals surface area contributed by atoms with Gasteiger partial charge in [0.25, 0.3) is 0 Å². The smallest absolute Gasteiger partial charge is 0.186 e. The highest BCUT2D eigenvalue weighted by Gasteiger charge is 2.06. The Bertz CT molecular complexity index is 547. The molecule has 0 saturated heterocycles. The lowest BCUT2D eigenvalue weighted by Crippen LogP contribution is -1.94. The second-order valence-electron chi connectivity index (χ2n) is 3.22. The fraction of sp³-hybridized carbons (Fsp3) is 0.273. The highest BCUT2D eigenvalue weighted by atomic mass is 32.2. The summed E-state index contributed by atoms with van der Waals surface area (Å²) in [6.45, 7) is 0.395. The summed E-state index contributed by atoms with van der Waals surface area (Å²) in [6.07, 6.45) is 1.56. The Labute approximate surface area is 108 Å². The van der Waals surface area contributed by atoms with Gasteiger partial charge >= 0.3 is 0 Å². The van der Waals surface area contributed by atoms with Crippen LogP contribution in [0.5, 0.6) is 0 Å². The topological polar surface area (TPSA) is 56.7 Å². The summed E-state index contributed by atoms with van der Waals surface area (Å²) in [5.74, 6) is 6.81. The Morgan fingerprint density at radius 3 is 3.18 bits per heavy atom. The van der Waals surface area contributed by atoms with Crippen LogP contribution in [0.3, 0.4) is 0 Å². The van der Waals surface area contributed by atoms with E-state index in [4.69, 9.17) is 5.73 Å². The van der Waals surface area contributed by atoms with Crippen LogP contribution in [0, 0.1) is 11.8 Å². The minimum Gasteiger partial charge on any atom is -0.320 e. The Balaban J connectivity index is 2.04. The molecule has 0 aliphatic rings. The van der Waals surface area contributed by atoms with Crippen molar-refractivity contribution in [1.29, 1.82) is 0 Å². The Kier molecular flexibility index (Phi) is 4.20. The van der Waals surface area contributed by atoms with Crippen molar-refractivity contribution in [2.24, 2.45) is 12.8 Å². The highest BCUT2D eigenvalue weighted by Crippen LogP contribution is 2.25. The van der Waals surface area contributed by atoms with Gasteiger partial charge in [-0.3, -0.25) is 0 Å². The molecule has 2 N–H and O–H groups in total. The van der Waals surface area contributed by atoms with Gasteiger partial charge in [0.15, 0.2) is 5.16 Å². The van der Waals surface area contributed by atoms with Gasteiger partial charge in [0, 0.05) is 23.2 Å². The predicted octanol–water partition coefficient (Wildman–Crippen LogP) is 1.48. The zero-order valence-corrected chi connectivity index (χ0v) is 11.0. The van der Waals surface area contributed by atoms with E-state index >= 15 is 0 Å². The van der Waals surface area contributed by atoms with Crippen molar-refractivity contribution in [2.45, 2.75) is 10.9 Å². The van der Waals surface area contributed by atoms with Gasteiger partial charge in [0.05, 0.1) is 6.54 Å². The number of nitrogens with two attached hydrogens (primary N) is 1. The largest absolute Gasteiger partial charge is 0.320 e. The monoisotopic (exact) mass is 264 g/mol. The van der Waals surface area contributed by atoms with Gasteiger partial charge in [0.1, 0.15) is 6.33 Å². The lowest BCUT2D eigenvalue weighted by molar-refractivity contribution is 0.685. The van der Waals surface area contributed by atoms with Gasteiger partial charge < -0.3 is 5.73 Å². The fourth-order valence-corrected chi connectivity index (χ4v) is 3.09. The normalized spacial score (nSPS) is 10.0. The van der Waals surface area contributed by atoms with Gasteiger partial charge in [0.2, 0.25) is 0 Å². The number of thioether (sulfide) groups is 1. The zero-order chi connectivity index (χ0) is 12.1. The molecule has 0 bridgehead atoms. The molecular formula is C11H12N4S2. The van der Waals surface area contributed by atoms with Crippen molar-refractivity contribution in [2.75, 3.05) is 6.54 Å². The van der Waals surface area contributed by atoms with Crippen molar-refractivity contribution < 1.29 is 0 Å². The van der Waals surface area contributed by atoms with Crippen molar-refractivity contribution in [3.05, 3.63) is 28.2 Å². The van der Waals surface area contributed by atoms with E-state index in [0.29, 0.717) is 6.54 Å². The fourth-order valence-electron chi connectivity index (χ4n) is 1.26. The molecule has 0 amide bonds. The molecule has 0 atom stereocenters. The van der Waals surface area contributed by atoms with Crippen LogP contribution >= 0.6 is 23.1 Å². The maximum absolute atomic E-state index is 5.37. The molecule has 0 aliphatic heterocycles. The molecule has 0 fully saturated rings. The summed E-state index contributed by atoms with van der Waals surface area (Å²) in [7, 11) is 1.89. The molecule has 0 saturated carbocycles. The van der Waals surface area contributed by atoms with Gasteiger partial charge in [-0.05, 0) is 11.4 Å². The minimum absolute atomic E-state index is 0.395. The first-order valence-electron chi connectivity index (χ1n) is 5.03. The number of thiophene rings is 1. The van der Waals surface area contributed by atoms with E-state index in [1.54, 1.807) is 34.1 Å². The molecular weight excluding hydrogens is 252 g/mol. The average molecular weight is 264 g/mol. The first kappa shape index (κ1) is 12.2. The van der Waals surface area contributed by atoms with E-state index in [9.17, 15) is 0 Å². The van der Waals surface area contributed by atoms with Crippen LogP contribution < -0.4 is 5.73 Å². The van der Waals surface area contributed by atoms with Crippen molar-refractivity contribution >= 4 is 23.1 Å². The first-order valence-corrected chi connectivity index (χ1v) is 6.90. The van der Waals surface area contributed by atoms with Crippen molar-refractivity contribution in [1.82, 2.24) is 14.8 Å². The van der Waals surface area contributed by atoms with Crippen LogP contribution in [0.25, 0.3) is 0 Å². The molecule has 2 aromatic rings. The molecule has 0 aliphatic carbocycles. The molecule has 2 heterocycles. The Morgan fingerprint density at radius 2 is 2.47 bits per heavy atom. The molecule has 88 valence electrons. The highest BCUT2D eigenvalue weighted by molar-refractivity contribution is 7.98. The second-order valence-corrected chi connectivity index (χ2v) is 5.16. The lowest BCUT2D eigenvalue weighted by Gasteiger charge is -1.99. The molecule has 4 nitrogen and oxygen atoms in total. The number of aromatic nitrogens is 3. The minimum atomic E-state index is 0.395. The Hall–Kier alpha value is -1.29.